The zero-order valence-corrected chi connectivity index (χ0v) is 14.5. The summed E-state index contributed by atoms with van der Waals surface area (Å²) in [5, 5.41) is 0. The van der Waals surface area contributed by atoms with Crippen LogP contribution < -0.4 is 0 Å². The summed E-state index contributed by atoms with van der Waals surface area (Å²) in [6.45, 7) is 12.9. The van der Waals surface area contributed by atoms with E-state index in [2.05, 4.69) is 35.6 Å². The summed E-state index contributed by atoms with van der Waals surface area (Å²) in [5.41, 5.74) is 0.552. The highest BCUT2D eigenvalue weighted by Crippen LogP contribution is 2.34. The third-order valence-corrected chi connectivity index (χ3v) is 6.41. The second-order valence-electron chi connectivity index (χ2n) is 8.25. The van der Waals surface area contributed by atoms with Gasteiger partial charge < -0.3 is 4.90 Å². The molecule has 2 atom stereocenters. The fourth-order valence-electron chi connectivity index (χ4n) is 4.70. The van der Waals surface area contributed by atoms with Gasteiger partial charge in [0.05, 0.1) is 0 Å². The van der Waals surface area contributed by atoms with Crippen LogP contribution in [0.4, 0.5) is 0 Å². The smallest absolute Gasteiger partial charge is 0.0223 e. The van der Waals surface area contributed by atoms with Gasteiger partial charge in [-0.05, 0) is 64.2 Å². The van der Waals surface area contributed by atoms with E-state index >= 15 is 0 Å². The van der Waals surface area contributed by atoms with Crippen molar-refractivity contribution in [2.75, 3.05) is 46.3 Å². The Hall–Kier alpha value is -0.120. The van der Waals surface area contributed by atoms with Crippen LogP contribution in [0.25, 0.3) is 0 Å². The molecule has 0 aliphatic carbocycles. The van der Waals surface area contributed by atoms with Crippen molar-refractivity contribution in [1.29, 1.82) is 0 Å². The molecule has 2 unspecified atom stereocenters. The van der Waals surface area contributed by atoms with E-state index in [4.69, 9.17) is 0 Å². The highest BCUT2D eigenvalue weighted by molar-refractivity contribution is 4.94. The molecule has 3 nitrogen and oxygen atoms in total. The average molecular weight is 293 g/mol. The molecule has 0 amide bonds. The van der Waals surface area contributed by atoms with Crippen LogP contribution in [0.1, 0.15) is 52.4 Å². The van der Waals surface area contributed by atoms with E-state index < -0.39 is 0 Å². The molecule has 0 radical (unpaired) electrons. The predicted molar refractivity (Wildman–Crippen MR) is 89.7 cm³/mol. The van der Waals surface area contributed by atoms with Crippen molar-refractivity contribution in [3.8, 4) is 0 Å². The van der Waals surface area contributed by atoms with Crippen molar-refractivity contribution >= 4 is 0 Å². The van der Waals surface area contributed by atoms with Crippen molar-refractivity contribution in [2.24, 2.45) is 5.41 Å². The van der Waals surface area contributed by atoms with Crippen LogP contribution in [-0.2, 0) is 0 Å². The first kappa shape index (κ1) is 15.8. The molecule has 0 aromatic rings. The van der Waals surface area contributed by atoms with Crippen molar-refractivity contribution < 1.29 is 0 Å². The van der Waals surface area contributed by atoms with Crippen LogP contribution in [0.15, 0.2) is 0 Å². The summed E-state index contributed by atoms with van der Waals surface area (Å²) in [7, 11) is 2.27. The number of piperazine rings is 1. The molecule has 0 aromatic carbocycles. The lowest BCUT2D eigenvalue weighted by Crippen LogP contribution is -2.61. The van der Waals surface area contributed by atoms with Gasteiger partial charge in [0.1, 0.15) is 0 Å². The third kappa shape index (κ3) is 3.62. The van der Waals surface area contributed by atoms with Crippen LogP contribution >= 0.6 is 0 Å². The van der Waals surface area contributed by atoms with Gasteiger partial charge in [-0.2, -0.15) is 0 Å². The molecule has 3 aliphatic rings. The SMILES string of the molecule is CCC1CN2CCCCC2CN1CC1(C)CCN(C)CC1. The molecule has 3 heterocycles. The molecule has 0 N–H and O–H groups in total. The highest BCUT2D eigenvalue weighted by Gasteiger charge is 2.38. The van der Waals surface area contributed by atoms with Gasteiger partial charge in [0.25, 0.3) is 0 Å². The average Bonchev–Trinajstić information content (AvgIpc) is 2.50. The Bertz CT molecular complexity index is 335. The first-order valence-corrected chi connectivity index (χ1v) is 9.26. The van der Waals surface area contributed by atoms with Gasteiger partial charge >= 0.3 is 0 Å². The highest BCUT2D eigenvalue weighted by atomic mass is 15.3. The van der Waals surface area contributed by atoms with E-state index in [-0.39, 0.29) is 0 Å². The van der Waals surface area contributed by atoms with Crippen molar-refractivity contribution in [1.82, 2.24) is 14.7 Å². The van der Waals surface area contributed by atoms with Gasteiger partial charge in [-0.25, -0.2) is 0 Å². The first-order chi connectivity index (χ1) is 10.1. The maximum absolute atomic E-state index is 2.87. The van der Waals surface area contributed by atoms with Gasteiger partial charge in [-0.1, -0.05) is 20.3 Å². The van der Waals surface area contributed by atoms with Crippen LogP contribution in [0, 0.1) is 5.41 Å². The van der Waals surface area contributed by atoms with Gasteiger partial charge in [0.2, 0.25) is 0 Å². The number of fused-ring (bicyclic) bond motifs is 1. The minimum Gasteiger partial charge on any atom is -0.306 e. The summed E-state index contributed by atoms with van der Waals surface area (Å²) in [5.74, 6) is 0. The van der Waals surface area contributed by atoms with Gasteiger partial charge in [-0.3, -0.25) is 9.80 Å². The van der Waals surface area contributed by atoms with Gasteiger partial charge in [0, 0.05) is 31.7 Å². The van der Waals surface area contributed by atoms with Crippen LogP contribution in [0.2, 0.25) is 0 Å². The molecule has 3 aliphatic heterocycles. The van der Waals surface area contributed by atoms with Crippen molar-refractivity contribution in [3.05, 3.63) is 0 Å². The number of nitrogens with zero attached hydrogens (tertiary/aromatic N) is 3. The fraction of sp³-hybridized carbons (Fsp3) is 1.00. The van der Waals surface area contributed by atoms with Gasteiger partial charge in [0.15, 0.2) is 0 Å². The summed E-state index contributed by atoms with van der Waals surface area (Å²) >= 11 is 0. The molecule has 21 heavy (non-hydrogen) atoms. The molecule has 0 spiro atoms. The van der Waals surface area contributed by atoms with E-state index in [0.717, 1.165) is 12.1 Å². The molecule has 122 valence electrons. The normalized spacial score (nSPS) is 35.6. The lowest BCUT2D eigenvalue weighted by atomic mass is 9.79. The zero-order valence-electron chi connectivity index (χ0n) is 14.5. The standard InChI is InChI=1S/C18H35N3/c1-4-16-13-20-10-6-5-7-17(20)14-21(16)15-18(2)8-11-19(3)12-9-18/h16-17H,4-15H2,1-3H3. The van der Waals surface area contributed by atoms with Crippen LogP contribution in [0.3, 0.4) is 0 Å². The quantitative estimate of drug-likeness (QED) is 0.792. The van der Waals surface area contributed by atoms with E-state index in [1.165, 1.54) is 77.8 Å². The Labute approximate surface area is 131 Å². The van der Waals surface area contributed by atoms with Gasteiger partial charge in [-0.15, -0.1) is 0 Å². The Morgan fingerprint density at radius 3 is 2.52 bits per heavy atom. The Morgan fingerprint density at radius 1 is 1.05 bits per heavy atom. The van der Waals surface area contributed by atoms with E-state index in [0.29, 0.717) is 5.41 Å². The van der Waals surface area contributed by atoms with E-state index in [9.17, 15) is 0 Å². The molecule has 0 aromatic heterocycles. The molecular formula is C18H35N3. The summed E-state index contributed by atoms with van der Waals surface area (Å²) in [6.07, 6.45) is 8.39. The van der Waals surface area contributed by atoms with E-state index in [1.54, 1.807) is 0 Å². The Balaban J connectivity index is 1.62. The zero-order chi connectivity index (χ0) is 14.9. The Kier molecular flexibility index (Phi) is 4.92. The Morgan fingerprint density at radius 2 is 1.81 bits per heavy atom. The van der Waals surface area contributed by atoms with Crippen molar-refractivity contribution in [2.45, 2.75) is 64.5 Å². The largest absolute Gasteiger partial charge is 0.306 e. The monoisotopic (exact) mass is 293 g/mol. The lowest BCUT2D eigenvalue weighted by molar-refractivity contribution is -0.0220. The van der Waals surface area contributed by atoms with Crippen LogP contribution in [-0.4, -0.2) is 73.1 Å². The molecule has 3 heteroatoms. The topological polar surface area (TPSA) is 9.72 Å². The molecule has 0 bridgehead atoms. The number of hydrogen-bond acceptors (Lipinski definition) is 3. The second kappa shape index (κ2) is 6.55. The molecule has 3 rings (SSSR count). The number of piperidine rings is 2. The molecular weight excluding hydrogens is 258 g/mol. The van der Waals surface area contributed by atoms with Crippen molar-refractivity contribution in [3.63, 3.8) is 0 Å². The van der Waals surface area contributed by atoms with Crippen LogP contribution in [0.5, 0.6) is 0 Å². The number of rotatable bonds is 3. The molecule has 3 fully saturated rings. The molecule has 3 saturated heterocycles. The predicted octanol–water partition coefficient (Wildman–Crippen LogP) is 2.67. The molecule has 0 saturated carbocycles. The maximum Gasteiger partial charge on any atom is 0.0223 e. The fourth-order valence-corrected chi connectivity index (χ4v) is 4.70. The van der Waals surface area contributed by atoms with E-state index in [1.807, 2.05) is 0 Å². The first-order valence-electron chi connectivity index (χ1n) is 9.26. The summed E-state index contributed by atoms with van der Waals surface area (Å²) in [6, 6.07) is 1.66. The number of likely N-dealkylation sites (tertiary alicyclic amines) is 1. The summed E-state index contributed by atoms with van der Waals surface area (Å²) < 4.78 is 0. The summed E-state index contributed by atoms with van der Waals surface area (Å²) in [4.78, 5) is 8.17. The lowest BCUT2D eigenvalue weighted by Gasteiger charge is -2.51. The maximum atomic E-state index is 2.87. The minimum atomic E-state index is 0.552. The second-order valence-corrected chi connectivity index (χ2v) is 8.25. The third-order valence-electron chi connectivity index (χ3n) is 6.41. The minimum absolute atomic E-state index is 0.552. The number of hydrogen-bond donors (Lipinski definition) is 0.